The molecule has 2 N–H and O–H groups in total. The zero-order valence-electron chi connectivity index (χ0n) is 11.6. The lowest BCUT2D eigenvalue weighted by Gasteiger charge is -2.08. The highest BCUT2D eigenvalue weighted by Gasteiger charge is 2.23. The van der Waals surface area contributed by atoms with Crippen molar-refractivity contribution in [2.24, 2.45) is 0 Å². The van der Waals surface area contributed by atoms with E-state index in [9.17, 15) is 9.59 Å². The van der Waals surface area contributed by atoms with Crippen LogP contribution >= 0.6 is 0 Å². The van der Waals surface area contributed by atoms with Crippen LogP contribution in [0.15, 0.2) is 60.3 Å². The molecule has 3 amide bonds. The third-order valence-corrected chi connectivity index (χ3v) is 3.82. The monoisotopic (exact) mass is 288 g/mol. The molecule has 0 radical (unpaired) electrons. The standard InChI is InChI=1S/C18H12N2O2/c21-17-16(19-18(22)20-17)10-15-13-7-3-1-5-11(13)9-12-6-2-4-8-14(12)15/h1-10H,(H2,19,20,21,22). The van der Waals surface area contributed by atoms with Crippen molar-refractivity contribution in [3.63, 3.8) is 0 Å². The number of urea groups is 1. The van der Waals surface area contributed by atoms with Crippen LogP contribution in [-0.4, -0.2) is 11.9 Å². The van der Waals surface area contributed by atoms with E-state index in [1.807, 2.05) is 48.5 Å². The normalized spacial score (nSPS) is 16.3. The van der Waals surface area contributed by atoms with Crippen LogP contribution in [0, 0.1) is 0 Å². The summed E-state index contributed by atoms with van der Waals surface area (Å²) >= 11 is 0. The lowest BCUT2D eigenvalue weighted by atomic mass is 9.96. The number of fused-ring (bicyclic) bond motifs is 2. The van der Waals surface area contributed by atoms with E-state index in [1.165, 1.54) is 0 Å². The van der Waals surface area contributed by atoms with Gasteiger partial charge in [0.25, 0.3) is 5.91 Å². The largest absolute Gasteiger partial charge is 0.326 e. The molecule has 3 aromatic rings. The third kappa shape index (κ3) is 1.93. The summed E-state index contributed by atoms with van der Waals surface area (Å²) in [6.45, 7) is 0. The second-order valence-electron chi connectivity index (χ2n) is 5.20. The number of imide groups is 1. The molecule has 0 saturated carbocycles. The van der Waals surface area contributed by atoms with Crippen molar-refractivity contribution >= 4 is 39.6 Å². The molecular weight excluding hydrogens is 276 g/mol. The maximum atomic E-state index is 11.8. The van der Waals surface area contributed by atoms with Gasteiger partial charge in [-0.1, -0.05) is 48.5 Å². The molecule has 0 aromatic heterocycles. The number of carbonyl (C=O) groups is 2. The lowest BCUT2D eigenvalue weighted by Crippen LogP contribution is -2.22. The summed E-state index contributed by atoms with van der Waals surface area (Å²) in [6.07, 6.45) is 1.74. The first-order valence-electron chi connectivity index (χ1n) is 6.97. The fourth-order valence-corrected chi connectivity index (χ4v) is 2.83. The Morgan fingerprint density at radius 1 is 0.773 bits per heavy atom. The predicted molar refractivity (Wildman–Crippen MR) is 86.1 cm³/mol. The summed E-state index contributed by atoms with van der Waals surface area (Å²) in [5.74, 6) is -0.401. The fraction of sp³-hybridized carbons (Fsp3) is 0. The molecule has 1 heterocycles. The first kappa shape index (κ1) is 12.6. The molecule has 1 saturated heterocycles. The van der Waals surface area contributed by atoms with Crippen LogP contribution in [0.25, 0.3) is 27.6 Å². The zero-order valence-corrected chi connectivity index (χ0v) is 11.6. The number of nitrogens with one attached hydrogen (secondary N) is 2. The van der Waals surface area contributed by atoms with Crippen molar-refractivity contribution in [2.45, 2.75) is 0 Å². The van der Waals surface area contributed by atoms with Gasteiger partial charge in [0.2, 0.25) is 0 Å². The minimum absolute atomic E-state index is 0.270. The fourth-order valence-electron chi connectivity index (χ4n) is 2.83. The van der Waals surface area contributed by atoms with Crippen LogP contribution in [0.5, 0.6) is 0 Å². The molecule has 4 nitrogen and oxygen atoms in total. The molecule has 4 rings (SSSR count). The Hall–Kier alpha value is -3.14. The molecule has 0 unspecified atom stereocenters. The van der Waals surface area contributed by atoms with Crippen LogP contribution in [0.2, 0.25) is 0 Å². The Morgan fingerprint density at radius 2 is 1.36 bits per heavy atom. The summed E-state index contributed by atoms with van der Waals surface area (Å²) in [4.78, 5) is 23.1. The summed E-state index contributed by atoms with van der Waals surface area (Å²) in [5.41, 5.74) is 1.20. The van der Waals surface area contributed by atoms with Crippen molar-refractivity contribution in [1.29, 1.82) is 0 Å². The number of hydrogen-bond acceptors (Lipinski definition) is 2. The van der Waals surface area contributed by atoms with Crippen molar-refractivity contribution in [2.75, 3.05) is 0 Å². The molecule has 0 bridgehead atoms. The lowest BCUT2D eigenvalue weighted by molar-refractivity contribution is -0.115. The van der Waals surface area contributed by atoms with E-state index in [2.05, 4.69) is 16.7 Å². The zero-order chi connectivity index (χ0) is 15.1. The quantitative estimate of drug-likeness (QED) is 0.410. The average Bonchev–Trinajstić information content (AvgIpc) is 2.84. The van der Waals surface area contributed by atoms with Crippen molar-refractivity contribution in [3.05, 3.63) is 65.9 Å². The van der Waals surface area contributed by atoms with Crippen molar-refractivity contribution < 1.29 is 9.59 Å². The first-order valence-corrected chi connectivity index (χ1v) is 6.97. The molecular formula is C18H12N2O2. The van der Waals surface area contributed by atoms with Gasteiger partial charge in [0.15, 0.2) is 0 Å². The smallest absolute Gasteiger partial charge is 0.303 e. The average molecular weight is 288 g/mol. The highest BCUT2D eigenvalue weighted by Crippen LogP contribution is 2.30. The van der Waals surface area contributed by atoms with E-state index >= 15 is 0 Å². The first-order chi connectivity index (χ1) is 10.7. The van der Waals surface area contributed by atoms with Crippen molar-refractivity contribution in [3.8, 4) is 0 Å². The van der Waals surface area contributed by atoms with E-state index in [-0.39, 0.29) is 5.70 Å². The van der Waals surface area contributed by atoms with Crippen LogP contribution in [0.3, 0.4) is 0 Å². The van der Waals surface area contributed by atoms with Gasteiger partial charge < -0.3 is 5.32 Å². The van der Waals surface area contributed by atoms with Gasteiger partial charge in [-0.2, -0.15) is 0 Å². The van der Waals surface area contributed by atoms with Crippen molar-refractivity contribution in [1.82, 2.24) is 10.6 Å². The van der Waals surface area contributed by atoms with Crippen LogP contribution in [-0.2, 0) is 4.79 Å². The summed E-state index contributed by atoms with van der Waals surface area (Å²) in [5, 5.41) is 9.05. The van der Waals surface area contributed by atoms with Gasteiger partial charge in [0, 0.05) is 0 Å². The van der Waals surface area contributed by atoms with E-state index < -0.39 is 11.9 Å². The Bertz CT molecular complexity index is 919. The second-order valence-corrected chi connectivity index (χ2v) is 5.20. The molecule has 22 heavy (non-hydrogen) atoms. The maximum absolute atomic E-state index is 11.8. The van der Waals surface area contributed by atoms with E-state index in [0.29, 0.717) is 0 Å². The molecule has 1 aliphatic rings. The van der Waals surface area contributed by atoms with Crippen LogP contribution in [0.4, 0.5) is 4.79 Å². The third-order valence-electron chi connectivity index (χ3n) is 3.82. The highest BCUT2D eigenvalue weighted by atomic mass is 16.2. The predicted octanol–water partition coefficient (Wildman–Crippen LogP) is 3.17. The number of amides is 3. The highest BCUT2D eigenvalue weighted by molar-refractivity contribution is 6.16. The van der Waals surface area contributed by atoms with E-state index in [4.69, 9.17) is 0 Å². The second kappa shape index (κ2) is 4.70. The molecule has 4 heteroatoms. The molecule has 1 aliphatic heterocycles. The summed E-state index contributed by atoms with van der Waals surface area (Å²) in [7, 11) is 0. The minimum Gasteiger partial charge on any atom is -0.303 e. The van der Waals surface area contributed by atoms with Gasteiger partial charge in [-0.3, -0.25) is 10.1 Å². The van der Waals surface area contributed by atoms with Gasteiger partial charge in [-0.15, -0.1) is 0 Å². The molecule has 0 aliphatic carbocycles. The number of carbonyl (C=O) groups excluding carboxylic acids is 2. The van der Waals surface area contributed by atoms with Gasteiger partial charge in [0.05, 0.1) is 0 Å². The maximum Gasteiger partial charge on any atom is 0.326 e. The molecule has 3 aromatic carbocycles. The molecule has 106 valence electrons. The Balaban J connectivity index is 2.07. The summed E-state index contributed by atoms with van der Waals surface area (Å²) < 4.78 is 0. The SMILES string of the molecule is O=C1NC(=O)C(=Cc2c3ccccc3cc3ccccc23)N1. The molecule has 1 fully saturated rings. The Kier molecular flexibility index (Phi) is 2.69. The van der Waals surface area contributed by atoms with Gasteiger partial charge >= 0.3 is 6.03 Å². The number of rotatable bonds is 1. The van der Waals surface area contributed by atoms with Gasteiger partial charge in [0.1, 0.15) is 5.70 Å². The minimum atomic E-state index is -0.485. The van der Waals surface area contributed by atoms with Gasteiger partial charge in [-0.25, -0.2) is 4.79 Å². The number of benzene rings is 3. The number of hydrogen-bond donors (Lipinski definition) is 2. The van der Waals surface area contributed by atoms with E-state index in [0.717, 1.165) is 27.1 Å². The van der Waals surface area contributed by atoms with Crippen LogP contribution in [0.1, 0.15) is 5.56 Å². The topological polar surface area (TPSA) is 58.2 Å². The molecule has 0 atom stereocenters. The Morgan fingerprint density at radius 3 is 1.91 bits per heavy atom. The van der Waals surface area contributed by atoms with Crippen LogP contribution < -0.4 is 10.6 Å². The van der Waals surface area contributed by atoms with Gasteiger partial charge in [-0.05, 0) is 39.3 Å². The summed E-state index contributed by atoms with van der Waals surface area (Å²) in [6, 6.07) is 17.6. The Labute approximate surface area is 126 Å². The molecule has 0 spiro atoms. The van der Waals surface area contributed by atoms with E-state index in [1.54, 1.807) is 6.08 Å².